The Morgan fingerprint density at radius 2 is 2.24 bits per heavy atom. The van der Waals surface area contributed by atoms with Crippen molar-refractivity contribution in [3.8, 4) is 0 Å². The molecular formula is C11H13F3N2O. The van der Waals surface area contributed by atoms with Crippen LogP contribution in [0.1, 0.15) is 23.6 Å². The Labute approximate surface area is 97.0 Å². The summed E-state index contributed by atoms with van der Waals surface area (Å²) in [6, 6.07) is 0.979. The van der Waals surface area contributed by atoms with Gasteiger partial charge in [0.15, 0.2) is 0 Å². The maximum Gasteiger partial charge on any atom is 0.418 e. The number of hydrogen-bond acceptors (Lipinski definition) is 3. The third kappa shape index (κ3) is 2.95. The second kappa shape index (κ2) is 5.01. The Hall–Kier alpha value is -1.14. The summed E-state index contributed by atoms with van der Waals surface area (Å²) in [5.74, 6) is 0. The summed E-state index contributed by atoms with van der Waals surface area (Å²) >= 11 is 0. The normalized spacial score (nSPS) is 22.2. The van der Waals surface area contributed by atoms with Gasteiger partial charge in [-0.25, -0.2) is 0 Å². The van der Waals surface area contributed by atoms with Gasteiger partial charge in [0.05, 0.1) is 18.2 Å². The smallest absolute Gasteiger partial charge is 0.379 e. The zero-order chi connectivity index (χ0) is 12.3. The van der Waals surface area contributed by atoms with Gasteiger partial charge in [-0.05, 0) is 24.6 Å². The molecule has 1 N–H and O–H groups in total. The van der Waals surface area contributed by atoms with E-state index < -0.39 is 17.8 Å². The summed E-state index contributed by atoms with van der Waals surface area (Å²) in [4.78, 5) is 3.54. The summed E-state index contributed by atoms with van der Waals surface area (Å²) in [5.41, 5.74) is -0.489. The van der Waals surface area contributed by atoms with Gasteiger partial charge in [-0.1, -0.05) is 0 Å². The summed E-state index contributed by atoms with van der Waals surface area (Å²) in [5, 5.41) is 3.06. The molecule has 0 aromatic carbocycles. The third-order valence-electron chi connectivity index (χ3n) is 2.68. The molecule has 1 aromatic rings. The average molecular weight is 246 g/mol. The highest BCUT2D eigenvalue weighted by Gasteiger charge is 2.35. The van der Waals surface area contributed by atoms with Gasteiger partial charge in [-0.2, -0.15) is 13.2 Å². The largest absolute Gasteiger partial charge is 0.418 e. The number of rotatable bonds is 1. The van der Waals surface area contributed by atoms with Gasteiger partial charge in [0.2, 0.25) is 0 Å². The number of alkyl halides is 3. The SMILES string of the molecule is FC(F)(F)c1cnccc1C1COCCCN1. The molecule has 17 heavy (non-hydrogen) atoms. The molecule has 1 unspecified atom stereocenters. The molecule has 1 atom stereocenters. The molecule has 1 saturated heterocycles. The fourth-order valence-corrected chi connectivity index (χ4v) is 1.86. The predicted molar refractivity (Wildman–Crippen MR) is 55.4 cm³/mol. The third-order valence-corrected chi connectivity index (χ3v) is 2.68. The first-order valence-corrected chi connectivity index (χ1v) is 5.41. The maximum absolute atomic E-state index is 12.8. The van der Waals surface area contributed by atoms with E-state index in [1.807, 2.05) is 0 Å². The van der Waals surface area contributed by atoms with Crippen molar-refractivity contribution < 1.29 is 17.9 Å². The minimum atomic E-state index is -4.38. The molecule has 0 saturated carbocycles. The van der Waals surface area contributed by atoms with Gasteiger partial charge in [0, 0.05) is 19.0 Å². The lowest BCUT2D eigenvalue weighted by atomic mass is 10.0. The highest BCUT2D eigenvalue weighted by atomic mass is 19.4. The van der Waals surface area contributed by atoms with Crippen molar-refractivity contribution >= 4 is 0 Å². The maximum atomic E-state index is 12.8. The fraction of sp³-hybridized carbons (Fsp3) is 0.545. The Balaban J connectivity index is 2.30. The van der Waals surface area contributed by atoms with Crippen LogP contribution in [-0.4, -0.2) is 24.7 Å². The Kier molecular flexibility index (Phi) is 3.63. The molecule has 1 aliphatic heterocycles. The molecule has 0 amide bonds. The van der Waals surface area contributed by atoms with Crippen molar-refractivity contribution in [3.05, 3.63) is 29.6 Å². The van der Waals surface area contributed by atoms with Crippen molar-refractivity contribution in [1.82, 2.24) is 10.3 Å². The average Bonchev–Trinajstić information content (AvgIpc) is 2.56. The number of hydrogen-bond donors (Lipinski definition) is 1. The van der Waals surface area contributed by atoms with Gasteiger partial charge >= 0.3 is 6.18 Å². The topological polar surface area (TPSA) is 34.1 Å². The van der Waals surface area contributed by atoms with E-state index in [1.165, 1.54) is 12.3 Å². The zero-order valence-corrected chi connectivity index (χ0v) is 9.13. The minimum Gasteiger partial charge on any atom is -0.379 e. The van der Waals surface area contributed by atoms with E-state index in [4.69, 9.17) is 4.74 Å². The van der Waals surface area contributed by atoms with Crippen LogP contribution in [-0.2, 0) is 10.9 Å². The monoisotopic (exact) mass is 246 g/mol. The fourth-order valence-electron chi connectivity index (χ4n) is 1.86. The number of pyridine rings is 1. The van der Waals surface area contributed by atoms with Gasteiger partial charge in [-0.3, -0.25) is 4.98 Å². The molecule has 0 spiro atoms. The lowest BCUT2D eigenvalue weighted by molar-refractivity contribution is -0.138. The molecular weight excluding hydrogens is 233 g/mol. The van der Waals surface area contributed by atoms with Crippen molar-refractivity contribution in [2.24, 2.45) is 0 Å². The highest BCUT2D eigenvalue weighted by Crippen LogP contribution is 2.34. The van der Waals surface area contributed by atoms with Crippen LogP contribution in [0.2, 0.25) is 0 Å². The number of nitrogens with zero attached hydrogens (tertiary/aromatic N) is 1. The van der Waals surface area contributed by atoms with Gasteiger partial charge in [0.25, 0.3) is 0 Å². The molecule has 94 valence electrons. The van der Waals surface area contributed by atoms with Crippen LogP contribution >= 0.6 is 0 Å². The first-order chi connectivity index (χ1) is 8.09. The number of aromatic nitrogens is 1. The van der Waals surface area contributed by atoms with Crippen LogP contribution in [0.4, 0.5) is 13.2 Å². The Morgan fingerprint density at radius 1 is 1.41 bits per heavy atom. The molecule has 6 heteroatoms. The highest BCUT2D eigenvalue weighted by molar-refractivity contribution is 5.29. The van der Waals surface area contributed by atoms with Gasteiger partial charge in [0.1, 0.15) is 0 Å². The van der Waals surface area contributed by atoms with Crippen molar-refractivity contribution in [1.29, 1.82) is 0 Å². The van der Waals surface area contributed by atoms with Crippen molar-refractivity contribution in [2.75, 3.05) is 19.8 Å². The van der Waals surface area contributed by atoms with Gasteiger partial charge in [-0.15, -0.1) is 0 Å². The molecule has 2 heterocycles. The quantitative estimate of drug-likeness (QED) is 0.824. The lowest BCUT2D eigenvalue weighted by Crippen LogP contribution is -2.26. The van der Waals surface area contributed by atoms with Gasteiger partial charge < -0.3 is 10.1 Å². The zero-order valence-electron chi connectivity index (χ0n) is 9.13. The second-order valence-corrected chi connectivity index (χ2v) is 3.90. The van der Waals surface area contributed by atoms with E-state index in [0.29, 0.717) is 13.2 Å². The van der Waals surface area contributed by atoms with E-state index in [2.05, 4.69) is 10.3 Å². The molecule has 1 aliphatic rings. The summed E-state index contributed by atoms with van der Waals surface area (Å²) < 4.78 is 43.7. The van der Waals surface area contributed by atoms with Crippen LogP contribution in [0.5, 0.6) is 0 Å². The first kappa shape index (κ1) is 12.3. The second-order valence-electron chi connectivity index (χ2n) is 3.90. The van der Waals surface area contributed by atoms with E-state index >= 15 is 0 Å². The van der Waals surface area contributed by atoms with E-state index in [9.17, 15) is 13.2 Å². The standard InChI is InChI=1S/C11H13F3N2O/c12-11(13,14)9-6-15-4-2-8(9)10-7-17-5-1-3-16-10/h2,4,6,10,16H,1,3,5,7H2. The summed E-state index contributed by atoms with van der Waals surface area (Å²) in [7, 11) is 0. The van der Waals surface area contributed by atoms with Crippen molar-refractivity contribution in [3.63, 3.8) is 0 Å². The van der Waals surface area contributed by atoms with Crippen LogP contribution < -0.4 is 5.32 Å². The van der Waals surface area contributed by atoms with E-state index in [0.717, 1.165) is 12.6 Å². The molecule has 0 aliphatic carbocycles. The number of ether oxygens (including phenoxy) is 1. The van der Waals surface area contributed by atoms with E-state index in [1.54, 1.807) is 0 Å². The molecule has 0 bridgehead atoms. The number of halogens is 3. The first-order valence-electron chi connectivity index (χ1n) is 5.41. The van der Waals surface area contributed by atoms with Crippen LogP contribution in [0.25, 0.3) is 0 Å². The van der Waals surface area contributed by atoms with Crippen molar-refractivity contribution in [2.45, 2.75) is 18.6 Å². The van der Waals surface area contributed by atoms with Crippen LogP contribution in [0.15, 0.2) is 18.5 Å². The Bertz CT molecular complexity index is 373. The molecule has 1 aromatic heterocycles. The molecule has 3 nitrogen and oxygen atoms in total. The Morgan fingerprint density at radius 3 is 3.00 bits per heavy atom. The molecule has 1 fully saturated rings. The van der Waals surface area contributed by atoms with Crippen LogP contribution in [0.3, 0.4) is 0 Å². The summed E-state index contributed by atoms with van der Waals surface area (Å²) in [6.07, 6.45) is -1.33. The molecule has 0 radical (unpaired) electrons. The van der Waals surface area contributed by atoms with Crippen LogP contribution in [0, 0.1) is 0 Å². The predicted octanol–water partition coefficient (Wildman–Crippen LogP) is 2.15. The number of nitrogens with one attached hydrogen (secondary N) is 1. The minimum absolute atomic E-state index is 0.203. The summed E-state index contributed by atoms with van der Waals surface area (Å²) in [6.45, 7) is 1.49. The lowest BCUT2D eigenvalue weighted by Gasteiger charge is -2.20. The van der Waals surface area contributed by atoms with E-state index in [-0.39, 0.29) is 12.2 Å². The molecule has 2 rings (SSSR count).